The van der Waals surface area contributed by atoms with E-state index in [4.69, 9.17) is 5.11 Å². The highest BCUT2D eigenvalue weighted by Crippen LogP contribution is 2.03. The highest BCUT2D eigenvalue weighted by molar-refractivity contribution is 5.09. The third-order valence-electron chi connectivity index (χ3n) is 2.58. The van der Waals surface area contributed by atoms with Crippen LogP contribution < -0.4 is 5.32 Å². The van der Waals surface area contributed by atoms with Crippen molar-refractivity contribution in [1.82, 2.24) is 9.88 Å². The number of nitrogens with one attached hydrogen (secondary N) is 1. The Hall–Kier alpha value is -0.800. The van der Waals surface area contributed by atoms with E-state index in [1.54, 1.807) is 0 Å². The van der Waals surface area contributed by atoms with Crippen LogP contribution in [-0.4, -0.2) is 22.8 Å². The number of aromatic nitrogens is 1. The summed E-state index contributed by atoms with van der Waals surface area (Å²) in [5.74, 6) is 0.434. The van der Waals surface area contributed by atoms with Crippen molar-refractivity contribution in [1.29, 1.82) is 0 Å². The van der Waals surface area contributed by atoms with Gasteiger partial charge in [0.2, 0.25) is 0 Å². The van der Waals surface area contributed by atoms with Crippen LogP contribution in [0.3, 0.4) is 0 Å². The molecule has 1 atom stereocenters. The molecule has 0 radical (unpaired) electrons. The molecule has 0 aliphatic heterocycles. The Kier molecular flexibility index (Phi) is 5.43. The highest BCUT2D eigenvalue weighted by Gasteiger charge is 1.99. The molecule has 0 saturated heterocycles. The molecule has 15 heavy (non-hydrogen) atoms. The maximum absolute atomic E-state index is 8.85. The quantitative estimate of drug-likeness (QED) is 0.670. The molecule has 1 aromatic heterocycles. The maximum Gasteiger partial charge on any atom is 0.0456 e. The lowest BCUT2D eigenvalue weighted by molar-refractivity contribution is 0.228. The fraction of sp³-hybridized carbons (Fsp3) is 0.667. The summed E-state index contributed by atoms with van der Waals surface area (Å²) in [4.78, 5) is 0. The van der Waals surface area contributed by atoms with Crippen molar-refractivity contribution in [3.8, 4) is 0 Å². The van der Waals surface area contributed by atoms with Crippen LogP contribution in [0, 0.1) is 5.92 Å². The summed E-state index contributed by atoms with van der Waals surface area (Å²) >= 11 is 0. The summed E-state index contributed by atoms with van der Waals surface area (Å²) in [5.41, 5.74) is 1.33. The molecule has 0 amide bonds. The molecule has 0 aromatic carbocycles. The SMILES string of the molecule is CC(CO)CCCNCc1ccn(C)c1. The van der Waals surface area contributed by atoms with Gasteiger partial charge in [-0.25, -0.2) is 0 Å². The second-order valence-corrected chi connectivity index (χ2v) is 4.29. The zero-order valence-electron chi connectivity index (χ0n) is 9.74. The number of aliphatic hydroxyl groups excluding tert-OH is 1. The zero-order chi connectivity index (χ0) is 11.1. The Balaban J connectivity index is 2.02. The topological polar surface area (TPSA) is 37.2 Å². The molecule has 1 aromatic rings. The van der Waals surface area contributed by atoms with Gasteiger partial charge in [-0.2, -0.15) is 0 Å². The average Bonchev–Trinajstić information content (AvgIpc) is 2.63. The molecule has 86 valence electrons. The fourth-order valence-corrected chi connectivity index (χ4v) is 1.57. The van der Waals surface area contributed by atoms with Crippen molar-refractivity contribution in [2.75, 3.05) is 13.2 Å². The van der Waals surface area contributed by atoms with Gasteiger partial charge in [-0.15, -0.1) is 0 Å². The third-order valence-corrected chi connectivity index (χ3v) is 2.58. The average molecular weight is 210 g/mol. The molecular weight excluding hydrogens is 188 g/mol. The first-order chi connectivity index (χ1) is 7.22. The van der Waals surface area contributed by atoms with Gasteiger partial charge in [0, 0.05) is 32.6 Å². The molecule has 0 aliphatic carbocycles. The minimum absolute atomic E-state index is 0.304. The second kappa shape index (κ2) is 6.64. The predicted molar refractivity (Wildman–Crippen MR) is 62.6 cm³/mol. The predicted octanol–water partition coefficient (Wildman–Crippen LogP) is 1.52. The number of hydrogen-bond donors (Lipinski definition) is 2. The van der Waals surface area contributed by atoms with E-state index < -0.39 is 0 Å². The van der Waals surface area contributed by atoms with Gasteiger partial charge in [-0.3, -0.25) is 0 Å². The lowest BCUT2D eigenvalue weighted by Gasteiger charge is -2.07. The van der Waals surface area contributed by atoms with Crippen LogP contribution in [0.5, 0.6) is 0 Å². The first-order valence-electron chi connectivity index (χ1n) is 5.65. The van der Waals surface area contributed by atoms with Gasteiger partial charge in [0.1, 0.15) is 0 Å². The van der Waals surface area contributed by atoms with Crippen LogP contribution in [-0.2, 0) is 13.6 Å². The lowest BCUT2D eigenvalue weighted by atomic mass is 10.1. The van der Waals surface area contributed by atoms with E-state index in [2.05, 4.69) is 35.3 Å². The van der Waals surface area contributed by atoms with Crippen molar-refractivity contribution in [3.05, 3.63) is 24.0 Å². The normalized spacial score (nSPS) is 13.0. The minimum atomic E-state index is 0.304. The van der Waals surface area contributed by atoms with Crippen molar-refractivity contribution >= 4 is 0 Å². The smallest absolute Gasteiger partial charge is 0.0456 e. The summed E-state index contributed by atoms with van der Waals surface area (Å²) in [7, 11) is 2.03. The third kappa shape index (κ3) is 5.00. The van der Waals surface area contributed by atoms with Crippen LogP contribution in [0.25, 0.3) is 0 Å². The molecule has 3 heteroatoms. The van der Waals surface area contributed by atoms with E-state index in [1.165, 1.54) is 5.56 Å². The fourth-order valence-electron chi connectivity index (χ4n) is 1.57. The lowest BCUT2D eigenvalue weighted by Crippen LogP contribution is -2.15. The summed E-state index contributed by atoms with van der Waals surface area (Å²) in [6, 6.07) is 2.13. The first-order valence-corrected chi connectivity index (χ1v) is 5.65. The number of hydrogen-bond acceptors (Lipinski definition) is 2. The maximum atomic E-state index is 8.85. The van der Waals surface area contributed by atoms with Crippen LogP contribution in [0.4, 0.5) is 0 Å². The van der Waals surface area contributed by atoms with Crippen LogP contribution in [0.2, 0.25) is 0 Å². The number of aliphatic hydroxyl groups is 1. The number of rotatable bonds is 7. The van der Waals surface area contributed by atoms with Crippen molar-refractivity contribution < 1.29 is 5.11 Å². The highest BCUT2D eigenvalue weighted by atomic mass is 16.3. The Morgan fingerprint density at radius 3 is 2.93 bits per heavy atom. The first kappa shape index (κ1) is 12.3. The molecule has 0 aliphatic rings. The summed E-state index contributed by atoms with van der Waals surface area (Å²) in [5, 5.41) is 12.2. The van der Waals surface area contributed by atoms with Gasteiger partial charge in [-0.1, -0.05) is 6.92 Å². The van der Waals surface area contributed by atoms with E-state index in [0.29, 0.717) is 12.5 Å². The molecular formula is C12H22N2O. The van der Waals surface area contributed by atoms with Crippen LogP contribution in [0.1, 0.15) is 25.3 Å². The summed E-state index contributed by atoms with van der Waals surface area (Å²) in [6.07, 6.45) is 6.42. The number of nitrogens with zero attached hydrogens (tertiary/aromatic N) is 1. The van der Waals surface area contributed by atoms with Crippen molar-refractivity contribution in [3.63, 3.8) is 0 Å². The second-order valence-electron chi connectivity index (χ2n) is 4.29. The van der Waals surface area contributed by atoms with Crippen molar-refractivity contribution in [2.45, 2.75) is 26.3 Å². The number of aryl methyl sites for hydroxylation is 1. The molecule has 1 rings (SSSR count). The van der Waals surface area contributed by atoms with Gasteiger partial charge in [0.15, 0.2) is 0 Å². The van der Waals surface area contributed by atoms with Crippen LogP contribution >= 0.6 is 0 Å². The molecule has 3 nitrogen and oxygen atoms in total. The monoisotopic (exact) mass is 210 g/mol. The molecule has 0 spiro atoms. The van der Waals surface area contributed by atoms with Crippen LogP contribution in [0.15, 0.2) is 18.5 Å². The van der Waals surface area contributed by atoms with Gasteiger partial charge in [0.25, 0.3) is 0 Å². The molecule has 2 N–H and O–H groups in total. The largest absolute Gasteiger partial charge is 0.396 e. The van der Waals surface area contributed by atoms with E-state index >= 15 is 0 Å². The summed E-state index contributed by atoms with van der Waals surface area (Å²) in [6.45, 7) is 4.35. The molecule has 0 fully saturated rings. The Bertz CT molecular complexity index is 270. The molecule has 0 bridgehead atoms. The molecule has 1 unspecified atom stereocenters. The Labute approximate surface area is 92.1 Å². The van der Waals surface area contributed by atoms with Gasteiger partial charge in [-0.05, 0) is 36.9 Å². The van der Waals surface area contributed by atoms with E-state index in [-0.39, 0.29) is 0 Å². The Morgan fingerprint density at radius 2 is 2.33 bits per heavy atom. The minimum Gasteiger partial charge on any atom is -0.396 e. The van der Waals surface area contributed by atoms with Gasteiger partial charge in [0.05, 0.1) is 0 Å². The molecule has 0 saturated carbocycles. The Morgan fingerprint density at radius 1 is 1.53 bits per heavy atom. The van der Waals surface area contributed by atoms with Crippen molar-refractivity contribution in [2.24, 2.45) is 13.0 Å². The summed E-state index contributed by atoms with van der Waals surface area (Å²) < 4.78 is 2.06. The van der Waals surface area contributed by atoms with E-state index in [9.17, 15) is 0 Å². The molecule has 1 heterocycles. The van der Waals surface area contributed by atoms with Gasteiger partial charge < -0.3 is 15.0 Å². The van der Waals surface area contributed by atoms with Gasteiger partial charge >= 0.3 is 0 Å². The van der Waals surface area contributed by atoms with E-state index in [1.807, 2.05) is 7.05 Å². The van der Waals surface area contributed by atoms with E-state index in [0.717, 1.165) is 25.9 Å². The standard InChI is InChI=1S/C12H22N2O/c1-11(10-15)4-3-6-13-8-12-5-7-14(2)9-12/h5,7,9,11,13,15H,3-4,6,8,10H2,1-2H3. The zero-order valence-corrected chi connectivity index (χ0v) is 9.74.